The van der Waals surface area contributed by atoms with Gasteiger partial charge in [-0.15, -0.1) is 0 Å². The fraction of sp³-hybridized carbons (Fsp3) is 0.222. The number of rotatable bonds is 6. The molecule has 4 heteroatoms. The van der Waals surface area contributed by atoms with Crippen LogP contribution < -0.4 is 4.74 Å². The minimum absolute atomic E-state index is 0.0507. The van der Waals surface area contributed by atoms with Crippen molar-refractivity contribution < 1.29 is 9.53 Å². The predicted molar refractivity (Wildman–Crippen MR) is 87.6 cm³/mol. The lowest BCUT2D eigenvalue weighted by molar-refractivity contribution is -0.125. The van der Waals surface area contributed by atoms with Crippen molar-refractivity contribution in [1.82, 2.24) is 9.88 Å². The summed E-state index contributed by atoms with van der Waals surface area (Å²) in [6.45, 7) is 3.01. The van der Waals surface area contributed by atoms with Gasteiger partial charge in [0, 0.05) is 25.5 Å². The van der Waals surface area contributed by atoms with Crippen LogP contribution in [0.25, 0.3) is 6.08 Å². The molecule has 1 aromatic carbocycles. The van der Waals surface area contributed by atoms with Crippen molar-refractivity contribution in [2.75, 3.05) is 20.2 Å². The molecule has 0 spiro atoms. The van der Waals surface area contributed by atoms with Crippen molar-refractivity contribution in [2.24, 2.45) is 0 Å². The van der Waals surface area contributed by atoms with E-state index in [1.807, 2.05) is 43.3 Å². The van der Waals surface area contributed by atoms with Crippen LogP contribution in [0.1, 0.15) is 11.1 Å². The molecule has 1 aromatic heterocycles. The molecule has 1 heterocycles. The van der Waals surface area contributed by atoms with Gasteiger partial charge in [-0.3, -0.25) is 9.78 Å². The Morgan fingerprint density at radius 2 is 1.95 bits per heavy atom. The number of nitrogens with zero attached hydrogens (tertiary/aromatic N) is 2. The van der Waals surface area contributed by atoms with Crippen molar-refractivity contribution in [3.05, 3.63) is 66.0 Å². The molecule has 0 bridgehead atoms. The zero-order valence-electron chi connectivity index (χ0n) is 12.9. The Balaban J connectivity index is 1.79. The van der Waals surface area contributed by atoms with Gasteiger partial charge in [0.05, 0.1) is 6.54 Å². The molecule has 0 aliphatic rings. The van der Waals surface area contributed by atoms with Crippen LogP contribution >= 0.6 is 0 Å². The van der Waals surface area contributed by atoms with Crippen LogP contribution in [0.3, 0.4) is 0 Å². The van der Waals surface area contributed by atoms with E-state index in [9.17, 15) is 4.79 Å². The van der Waals surface area contributed by atoms with E-state index in [0.29, 0.717) is 13.2 Å². The van der Waals surface area contributed by atoms with Crippen LogP contribution in [0.5, 0.6) is 5.75 Å². The van der Waals surface area contributed by atoms with E-state index in [2.05, 4.69) is 4.98 Å². The minimum atomic E-state index is -0.0507. The highest BCUT2D eigenvalue weighted by atomic mass is 16.5. The second-order valence-corrected chi connectivity index (χ2v) is 4.99. The molecule has 2 rings (SSSR count). The summed E-state index contributed by atoms with van der Waals surface area (Å²) < 4.78 is 5.69. The molecule has 1 amide bonds. The highest BCUT2D eigenvalue weighted by molar-refractivity contribution is 5.91. The summed E-state index contributed by atoms with van der Waals surface area (Å²) in [5.74, 6) is 0.806. The Bertz CT molecular complexity index is 639. The largest absolute Gasteiger partial charge is 0.491 e. The van der Waals surface area contributed by atoms with Gasteiger partial charge in [-0.25, -0.2) is 0 Å². The summed E-state index contributed by atoms with van der Waals surface area (Å²) in [7, 11) is 1.76. The Labute approximate surface area is 131 Å². The number of amides is 1. The van der Waals surface area contributed by atoms with Crippen LogP contribution in [-0.2, 0) is 4.79 Å². The van der Waals surface area contributed by atoms with Crippen LogP contribution in [-0.4, -0.2) is 36.0 Å². The molecule has 0 radical (unpaired) electrons. The molecule has 0 N–H and O–H groups in total. The van der Waals surface area contributed by atoms with Crippen molar-refractivity contribution in [3.63, 3.8) is 0 Å². The molecule has 0 saturated carbocycles. The summed E-state index contributed by atoms with van der Waals surface area (Å²) in [6, 6.07) is 11.6. The van der Waals surface area contributed by atoms with Crippen molar-refractivity contribution in [1.29, 1.82) is 0 Å². The molecule has 0 aliphatic carbocycles. The number of aromatic nitrogens is 1. The molecule has 0 atom stereocenters. The fourth-order valence-electron chi connectivity index (χ4n) is 1.89. The van der Waals surface area contributed by atoms with E-state index in [1.54, 1.807) is 36.5 Å². The van der Waals surface area contributed by atoms with E-state index in [-0.39, 0.29) is 5.91 Å². The minimum Gasteiger partial charge on any atom is -0.491 e. The summed E-state index contributed by atoms with van der Waals surface area (Å²) in [6.07, 6.45) is 6.74. The van der Waals surface area contributed by atoms with Gasteiger partial charge in [-0.1, -0.05) is 18.2 Å². The molecule has 22 heavy (non-hydrogen) atoms. The van der Waals surface area contributed by atoms with Crippen LogP contribution in [0, 0.1) is 6.92 Å². The van der Waals surface area contributed by atoms with Gasteiger partial charge in [0.2, 0.25) is 5.91 Å². The Hall–Kier alpha value is -2.62. The maximum atomic E-state index is 12.0. The highest BCUT2D eigenvalue weighted by Crippen LogP contribution is 2.15. The lowest BCUT2D eigenvalue weighted by atomic mass is 10.2. The lowest BCUT2D eigenvalue weighted by Crippen LogP contribution is -2.29. The maximum Gasteiger partial charge on any atom is 0.246 e. The Kier molecular flexibility index (Phi) is 5.72. The molecule has 0 saturated heterocycles. The zero-order chi connectivity index (χ0) is 15.8. The highest BCUT2D eigenvalue weighted by Gasteiger charge is 2.05. The van der Waals surface area contributed by atoms with Gasteiger partial charge in [-0.05, 0) is 42.3 Å². The molecular weight excluding hydrogens is 276 g/mol. The number of likely N-dealkylation sites (N-methyl/N-ethyl adjacent to an activating group) is 1. The molecule has 4 nitrogen and oxygen atoms in total. The number of pyridine rings is 1. The smallest absolute Gasteiger partial charge is 0.246 e. The fourth-order valence-corrected chi connectivity index (χ4v) is 1.89. The van der Waals surface area contributed by atoms with E-state index in [4.69, 9.17) is 4.74 Å². The third-order valence-corrected chi connectivity index (χ3v) is 3.28. The monoisotopic (exact) mass is 296 g/mol. The summed E-state index contributed by atoms with van der Waals surface area (Å²) in [5, 5.41) is 0. The zero-order valence-corrected chi connectivity index (χ0v) is 12.9. The van der Waals surface area contributed by atoms with Gasteiger partial charge in [0.15, 0.2) is 0 Å². The van der Waals surface area contributed by atoms with Crippen molar-refractivity contribution >= 4 is 12.0 Å². The molecule has 114 valence electrons. The second kappa shape index (κ2) is 7.98. The third kappa shape index (κ3) is 4.74. The SMILES string of the molecule is Cc1ccccc1OCCN(C)C(=O)/C=C/c1ccncc1. The number of benzene rings is 1. The number of carbonyl (C=O) groups excluding carboxylic acids is 1. The first kappa shape index (κ1) is 15.8. The molecule has 0 unspecified atom stereocenters. The molecular formula is C18H20N2O2. The van der Waals surface area contributed by atoms with Gasteiger partial charge < -0.3 is 9.64 Å². The lowest BCUT2D eigenvalue weighted by Gasteiger charge is -2.16. The first-order valence-electron chi connectivity index (χ1n) is 7.18. The summed E-state index contributed by atoms with van der Waals surface area (Å²) >= 11 is 0. The maximum absolute atomic E-state index is 12.0. The topological polar surface area (TPSA) is 42.4 Å². The van der Waals surface area contributed by atoms with Crippen LogP contribution in [0.2, 0.25) is 0 Å². The average molecular weight is 296 g/mol. The Morgan fingerprint density at radius 1 is 1.23 bits per heavy atom. The van der Waals surface area contributed by atoms with Gasteiger partial charge in [0.25, 0.3) is 0 Å². The molecule has 2 aromatic rings. The van der Waals surface area contributed by atoms with Gasteiger partial charge in [0.1, 0.15) is 12.4 Å². The quantitative estimate of drug-likeness (QED) is 0.770. The predicted octanol–water partition coefficient (Wildman–Crippen LogP) is 2.94. The number of para-hydroxylation sites is 1. The number of aryl methyl sites for hydroxylation is 1. The third-order valence-electron chi connectivity index (χ3n) is 3.28. The first-order valence-corrected chi connectivity index (χ1v) is 7.18. The average Bonchev–Trinajstić information content (AvgIpc) is 2.55. The second-order valence-electron chi connectivity index (χ2n) is 4.99. The van der Waals surface area contributed by atoms with Gasteiger partial charge >= 0.3 is 0 Å². The summed E-state index contributed by atoms with van der Waals surface area (Å²) in [5.41, 5.74) is 2.04. The van der Waals surface area contributed by atoms with Crippen LogP contribution in [0.4, 0.5) is 0 Å². The molecule has 0 aliphatic heterocycles. The first-order chi connectivity index (χ1) is 10.7. The number of hydrogen-bond donors (Lipinski definition) is 0. The number of ether oxygens (including phenoxy) is 1. The molecule has 0 fully saturated rings. The number of hydrogen-bond acceptors (Lipinski definition) is 3. The Morgan fingerprint density at radius 3 is 2.68 bits per heavy atom. The van der Waals surface area contributed by atoms with E-state index >= 15 is 0 Å². The van der Waals surface area contributed by atoms with E-state index in [0.717, 1.165) is 16.9 Å². The van der Waals surface area contributed by atoms with Gasteiger partial charge in [-0.2, -0.15) is 0 Å². The van der Waals surface area contributed by atoms with E-state index < -0.39 is 0 Å². The normalized spacial score (nSPS) is 10.6. The summed E-state index contributed by atoms with van der Waals surface area (Å²) in [4.78, 5) is 17.6. The standard InChI is InChI=1S/C18H20N2O2/c1-15-5-3-4-6-17(15)22-14-13-20(2)18(21)8-7-16-9-11-19-12-10-16/h3-12H,13-14H2,1-2H3/b8-7+. The van der Waals surface area contributed by atoms with E-state index in [1.165, 1.54) is 0 Å². The number of carbonyl (C=O) groups is 1. The van der Waals surface area contributed by atoms with Crippen molar-refractivity contribution in [3.8, 4) is 5.75 Å². The van der Waals surface area contributed by atoms with Crippen molar-refractivity contribution in [2.45, 2.75) is 6.92 Å². The van der Waals surface area contributed by atoms with Crippen LogP contribution in [0.15, 0.2) is 54.9 Å².